The van der Waals surface area contributed by atoms with Crippen molar-refractivity contribution in [1.82, 2.24) is 4.90 Å². The monoisotopic (exact) mass is 373 g/mol. The summed E-state index contributed by atoms with van der Waals surface area (Å²) in [5.41, 5.74) is -2.56. The molecule has 0 fully saturated rings. The van der Waals surface area contributed by atoms with Crippen LogP contribution in [-0.4, -0.2) is 40.3 Å². The number of carboxylic acids is 1. The topological polar surface area (TPSA) is 76.1 Å². The Morgan fingerprint density at radius 1 is 1.15 bits per heavy atom. The summed E-state index contributed by atoms with van der Waals surface area (Å²) in [6.45, 7) is 6.56. The Hall–Kier alpha value is -2.38. The van der Waals surface area contributed by atoms with Gasteiger partial charge in [0.1, 0.15) is 11.4 Å². The number of carbonyl (C=O) groups excluding carboxylic acids is 1. The first kappa shape index (κ1) is 21.7. The second-order valence-electron chi connectivity index (χ2n) is 7.23. The van der Waals surface area contributed by atoms with Crippen molar-refractivity contribution in [3.8, 4) is 5.75 Å². The van der Waals surface area contributed by atoms with Crippen LogP contribution >= 0.6 is 0 Å². The number of hydrogen-bond donors (Lipinski definition) is 1. The molecule has 0 saturated carbocycles. The van der Waals surface area contributed by atoms with Crippen LogP contribution in [0.4, 0.5) is 13.6 Å². The Labute approximate surface area is 151 Å². The first-order chi connectivity index (χ1) is 11.8. The molecular formula is C18H25F2NO5. The predicted molar refractivity (Wildman–Crippen MR) is 91.3 cm³/mol. The minimum absolute atomic E-state index is 0.114. The molecule has 1 aromatic rings. The van der Waals surface area contributed by atoms with E-state index in [9.17, 15) is 23.5 Å². The van der Waals surface area contributed by atoms with Crippen LogP contribution in [0.25, 0.3) is 0 Å². The van der Waals surface area contributed by atoms with Crippen molar-refractivity contribution < 1.29 is 33.0 Å². The zero-order chi connectivity index (χ0) is 20.3. The SMILES string of the molecule is CC(C)N(C(=O)OC(C)(C)C)C(C)(C(=O)O)c1cccc(OC(F)F)c1. The average Bonchev–Trinajstić information content (AvgIpc) is 2.44. The van der Waals surface area contributed by atoms with Crippen LogP contribution in [-0.2, 0) is 15.1 Å². The third-order valence-corrected chi connectivity index (χ3v) is 3.63. The number of aliphatic carboxylic acids is 1. The summed E-state index contributed by atoms with van der Waals surface area (Å²) in [6.07, 6.45) is -0.822. The maximum Gasteiger partial charge on any atom is 0.411 e. The molecule has 1 aromatic carbocycles. The Balaban J connectivity index is 3.45. The summed E-state index contributed by atoms with van der Waals surface area (Å²) in [5.74, 6) is -1.52. The van der Waals surface area contributed by atoms with Crippen molar-refractivity contribution in [3.05, 3.63) is 29.8 Å². The van der Waals surface area contributed by atoms with E-state index in [1.54, 1.807) is 34.6 Å². The van der Waals surface area contributed by atoms with E-state index in [1.807, 2.05) is 0 Å². The van der Waals surface area contributed by atoms with Crippen LogP contribution in [0, 0.1) is 0 Å². The van der Waals surface area contributed by atoms with Crippen molar-refractivity contribution in [2.45, 2.75) is 65.3 Å². The van der Waals surface area contributed by atoms with E-state index in [-0.39, 0.29) is 11.3 Å². The molecule has 0 aromatic heterocycles. The van der Waals surface area contributed by atoms with Gasteiger partial charge in [-0.3, -0.25) is 4.90 Å². The van der Waals surface area contributed by atoms with Gasteiger partial charge in [0, 0.05) is 6.04 Å². The fraction of sp³-hybridized carbons (Fsp3) is 0.556. The Kier molecular flexibility index (Phi) is 6.57. The predicted octanol–water partition coefficient (Wildman–Crippen LogP) is 4.23. The summed E-state index contributed by atoms with van der Waals surface area (Å²) in [6, 6.07) is 4.75. The molecular weight excluding hydrogens is 348 g/mol. The van der Waals surface area contributed by atoms with E-state index in [1.165, 1.54) is 31.2 Å². The minimum atomic E-state index is -3.05. The Morgan fingerprint density at radius 2 is 1.73 bits per heavy atom. The van der Waals surface area contributed by atoms with Gasteiger partial charge in [0.25, 0.3) is 0 Å². The number of hydrogen-bond acceptors (Lipinski definition) is 4. The van der Waals surface area contributed by atoms with Crippen LogP contribution in [0.5, 0.6) is 5.75 Å². The molecule has 146 valence electrons. The van der Waals surface area contributed by atoms with E-state index in [4.69, 9.17) is 4.74 Å². The molecule has 1 unspecified atom stereocenters. The molecule has 0 saturated heterocycles. The number of alkyl halides is 2. The fourth-order valence-corrected chi connectivity index (χ4v) is 2.56. The Morgan fingerprint density at radius 3 is 2.15 bits per heavy atom. The number of amides is 1. The highest BCUT2D eigenvalue weighted by atomic mass is 19.3. The number of halogens is 2. The zero-order valence-corrected chi connectivity index (χ0v) is 15.7. The molecule has 1 N–H and O–H groups in total. The van der Waals surface area contributed by atoms with Gasteiger partial charge in [-0.05, 0) is 59.2 Å². The number of carboxylic acid groups (broad SMARTS) is 1. The lowest BCUT2D eigenvalue weighted by Gasteiger charge is -2.41. The van der Waals surface area contributed by atoms with E-state index in [2.05, 4.69) is 4.74 Å². The fourth-order valence-electron chi connectivity index (χ4n) is 2.56. The number of carbonyl (C=O) groups is 2. The van der Waals surface area contributed by atoms with E-state index < -0.39 is 35.9 Å². The van der Waals surface area contributed by atoms with Crippen molar-refractivity contribution in [2.75, 3.05) is 0 Å². The zero-order valence-electron chi connectivity index (χ0n) is 15.7. The molecule has 0 radical (unpaired) electrons. The van der Waals surface area contributed by atoms with Gasteiger partial charge < -0.3 is 14.6 Å². The molecule has 1 amide bonds. The molecule has 0 aliphatic rings. The van der Waals surface area contributed by atoms with Gasteiger partial charge >= 0.3 is 18.7 Å². The van der Waals surface area contributed by atoms with Crippen molar-refractivity contribution in [2.24, 2.45) is 0 Å². The normalized spacial score (nSPS) is 14.1. The molecule has 0 heterocycles. The van der Waals surface area contributed by atoms with Crippen molar-refractivity contribution in [3.63, 3.8) is 0 Å². The number of benzene rings is 1. The third-order valence-electron chi connectivity index (χ3n) is 3.63. The summed E-state index contributed by atoms with van der Waals surface area (Å²) >= 11 is 0. The summed E-state index contributed by atoms with van der Waals surface area (Å²) in [7, 11) is 0. The van der Waals surface area contributed by atoms with Gasteiger partial charge in [-0.2, -0.15) is 8.78 Å². The molecule has 0 aliphatic carbocycles. The second-order valence-corrected chi connectivity index (χ2v) is 7.23. The van der Waals surface area contributed by atoms with E-state index in [0.717, 1.165) is 4.90 Å². The maximum absolute atomic E-state index is 12.7. The molecule has 6 nitrogen and oxygen atoms in total. The van der Waals surface area contributed by atoms with Gasteiger partial charge in [0.15, 0.2) is 5.54 Å². The van der Waals surface area contributed by atoms with E-state index >= 15 is 0 Å². The molecule has 0 spiro atoms. The van der Waals surface area contributed by atoms with Gasteiger partial charge in [-0.25, -0.2) is 9.59 Å². The van der Waals surface area contributed by atoms with Gasteiger partial charge in [0.05, 0.1) is 0 Å². The van der Waals surface area contributed by atoms with Crippen LogP contribution in [0.2, 0.25) is 0 Å². The van der Waals surface area contributed by atoms with E-state index in [0.29, 0.717) is 0 Å². The van der Waals surface area contributed by atoms with Crippen LogP contribution in [0.3, 0.4) is 0 Å². The molecule has 1 rings (SSSR count). The van der Waals surface area contributed by atoms with Crippen molar-refractivity contribution in [1.29, 1.82) is 0 Å². The number of nitrogens with zero attached hydrogens (tertiary/aromatic N) is 1. The molecule has 1 atom stereocenters. The summed E-state index contributed by atoms with van der Waals surface area (Å²) in [4.78, 5) is 25.9. The lowest BCUT2D eigenvalue weighted by Crippen LogP contribution is -2.56. The largest absolute Gasteiger partial charge is 0.479 e. The minimum Gasteiger partial charge on any atom is -0.479 e. The third kappa shape index (κ3) is 5.06. The quantitative estimate of drug-likeness (QED) is 0.807. The molecule has 0 bridgehead atoms. The standard InChI is InChI=1S/C18H25F2NO5/c1-11(2)21(16(24)26-17(3,4)5)18(6,14(22)23)12-8-7-9-13(10-12)25-15(19)20/h7-11,15H,1-6H3,(H,22,23). The van der Waals surface area contributed by atoms with Gasteiger partial charge in [-0.15, -0.1) is 0 Å². The van der Waals surface area contributed by atoms with Crippen molar-refractivity contribution >= 4 is 12.1 Å². The summed E-state index contributed by atoms with van der Waals surface area (Å²) < 4.78 is 34.7. The Bertz CT molecular complexity index is 657. The highest BCUT2D eigenvalue weighted by Crippen LogP contribution is 2.34. The number of rotatable bonds is 6. The first-order valence-electron chi connectivity index (χ1n) is 8.10. The molecule has 26 heavy (non-hydrogen) atoms. The highest BCUT2D eigenvalue weighted by Gasteiger charge is 2.47. The molecule has 8 heteroatoms. The first-order valence-corrected chi connectivity index (χ1v) is 8.10. The highest BCUT2D eigenvalue weighted by molar-refractivity contribution is 5.86. The van der Waals surface area contributed by atoms with Crippen LogP contribution < -0.4 is 4.74 Å². The summed E-state index contributed by atoms with van der Waals surface area (Å²) in [5, 5.41) is 9.89. The second kappa shape index (κ2) is 7.88. The van der Waals surface area contributed by atoms with Gasteiger partial charge in [-0.1, -0.05) is 12.1 Å². The lowest BCUT2D eigenvalue weighted by molar-refractivity contribution is -0.152. The van der Waals surface area contributed by atoms with Gasteiger partial charge in [0.2, 0.25) is 0 Å². The van der Waals surface area contributed by atoms with Crippen LogP contribution in [0.1, 0.15) is 47.1 Å². The lowest BCUT2D eigenvalue weighted by atomic mass is 9.89. The average molecular weight is 373 g/mol. The smallest absolute Gasteiger partial charge is 0.411 e. The van der Waals surface area contributed by atoms with Crippen LogP contribution in [0.15, 0.2) is 24.3 Å². The maximum atomic E-state index is 12.7. The number of ether oxygens (including phenoxy) is 2. The molecule has 0 aliphatic heterocycles.